The average molecular weight is 242 g/mol. The van der Waals surface area contributed by atoms with E-state index in [-0.39, 0.29) is 11.6 Å². The molecular weight excluding hydrogens is 220 g/mol. The fraction of sp³-hybridized carbons (Fsp3) is 0.833. The lowest BCUT2D eigenvalue weighted by atomic mass is 9.99. The second-order valence-electron chi connectivity index (χ2n) is 5.40. The highest BCUT2D eigenvalue weighted by Gasteiger charge is 2.38. The molecule has 0 spiro atoms. The predicted octanol–water partition coefficient (Wildman–Crippen LogP) is 1.58. The molecule has 1 unspecified atom stereocenters. The molecule has 1 rings (SSSR count). The maximum absolute atomic E-state index is 11.6. The molecule has 5 nitrogen and oxygen atoms in total. The van der Waals surface area contributed by atoms with E-state index in [0.717, 1.165) is 0 Å². The van der Waals surface area contributed by atoms with E-state index in [1.807, 2.05) is 13.8 Å². The van der Waals surface area contributed by atoms with Crippen LogP contribution in [0.4, 0.5) is 4.79 Å². The van der Waals surface area contributed by atoms with Crippen LogP contribution in [0.2, 0.25) is 0 Å². The summed E-state index contributed by atoms with van der Waals surface area (Å²) in [6, 6.07) is -0.209. The number of hydrogen-bond donors (Lipinski definition) is 3. The largest absolute Gasteiger partial charge is 0.481 e. The molecule has 0 aromatic heterocycles. The van der Waals surface area contributed by atoms with E-state index in [1.165, 1.54) is 12.8 Å². The van der Waals surface area contributed by atoms with Crippen LogP contribution in [0.25, 0.3) is 0 Å². The summed E-state index contributed by atoms with van der Waals surface area (Å²) in [7, 11) is 0. The van der Waals surface area contributed by atoms with Gasteiger partial charge in [0.05, 0.1) is 5.92 Å². The van der Waals surface area contributed by atoms with E-state index in [2.05, 4.69) is 10.6 Å². The van der Waals surface area contributed by atoms with Crippen molar-refractivity contribution < 1.29 is 14.7 Å². The zero-order valence-electron chi connectivity index (χ0n) is 10.7. The molecule has 0 heterocycles. The summed E-state index contributed by atoms with van der Waals surface area (Å²) < 4.78 is 0. The molecule has 1 fully saturated rings. The van der Waals surface area contributed by atoms with E-state index in [1.54, 1.807) is 6.92 Å². The molecule has 0 aromatic rings. The standard InChI is InChI=1S/C12H22N2O3/c1-8(10(15)16)6-7-13-11(17)14-12(2,3)9-4-5-9/h8-9H,4-7H2,1-3H3,(H,15,16)(H2,13,14,17). The van der Waals surface area contributed by atoms with Crippen LogP contribution in [-0.4, -0.2) is 29.2 Å². The van der Waals surface area contributed by atoms with Gasteiger partial charge in [0.1, 0.15) is 0 Å². The van der Waals surface area contributed by atoms with Crippen molar-refractivity contribution in [3.8, 4) is 0 Å². The van der Waals surface area contributed by atoms with E-state index in [4.69, 9.17) is 5.11 Å². The number of carbonyl (C=O) groups is 2. The van der Waals surface area contributed by atoms with Gasteiger partial charge in [-0.1, -0.05) is 6.92 Å². The van der Waals surface area contributed by atoms with Crippen molar-refractivity contribution in [2.75, 3.05) is 6.54 Å². The quantitative estimate of drug-likeness (QED) is 0.661. The Kier molecular flexibility index (Phi) is 4.37. The Labute approximate surface area is 102 Å². The maximum Gasteiger partial charge on any atom is 0.315 e. The third kappa shape index (κ3) is 4.63. The van der Waals surface area contributed by atoms with Gasteiger partial charge in [0, 0.05) is 12.1 Å². The zero-order chi connectivity index (χ0) is 13.1. The first-order chi connectivity index (χ1) is 7.83. The van der Waals surface area contributed by atoms with Crippen molar-refractivity contribution >= 4 is 12.0 Å². The van der Waals surface area contributed by atoms with Crippen LogP contribution in [0.5, 0.6) is 0 Å². The molecule has 0 bridgehead atoms. The van der Waals surface area contributed by atoms with Gasteiger partial charge in [-0.15, -0.1) is 0 Å². The van der Waals surface area contributed by atoms with Gasteiger partial charge in [-0.05, 0) is 39.0 Å². The monoisotopic (exact) mass is 242 g/mol. The number of urea groups is 1. The third-order valence-corrected chi connectivity index (χ3v) is 3.32. The molecule has 0 saturated heterocycles. The molecule has 1 atom stereocenters. The number of nitrogens with one attached hydrogen (secondary N) is 2. The fourth-order valence-corrected chi connectivity index (χ4v) is 1.77. The number of amides is 2. The minimum atomic E-state index is -0.828. The summed E-state index contributed by atoms with van der Waals surface area (Å²) in [4.78, 5) is 22.1. The molecule has 5 heteroatoms. The van der Waals surface area contributed by atoms with Crippen molar-refractivity contribution in [3.05, 3.63) is 0 Å². The Morgan fingerprint density at radius 2 is 2.00 bits per heavy atom. The molecule has 1 saturated carbocycles. The summed E-state index contributed by atoms with van der Waals surface area (Å²) in [6.45, 7) is 6.06. The molecule has 0 aliphatic heterocycles. The normalized spacial score (nSPS) is 17.4. The van der Waals surface area contributed by atoms with E-state index in [9.17, 15) is 9.59 Å². The van der Waals surface area contributed by atoms with Crippen molar-refractivity contribution in [1.29, 1.82) is 0 Å². The Balaban J connectivity index is 2.19. The number of carboxylic acid groups (broad SMARTS) is 1. The summed E-state index contributed by atoms with van der Waals surface area (Å²) in [5.74, 6) is -0.677. The van der Waals surface area contributed by atoms with Gasteiger partial charge in [0.2, 0.25) is 0 Å². The molecule has 0 aromatic carbocycles. The Bertz CT molecular complexity index is 298. The van der Waals surface area contributed by atoms with Crippen molar-refractivity contribution in [2.24, 2.45) is 11.8 Å². The van der Waals surface area contributed by atoms with Crippen LogP contribution in [0.1, 0.15) is 40.0 Å². The number of rotatable bonds is 6. The third-order valence-electron chi connectivity index (χ3n) is 3.32. The number of carboxylic acids is 1. The molecule has 0 radical (unpaired) electrons. The minimum Gasteiger partial charge on any atom is -0.481 e. The minimum absolute atomic E-state index is 0.164. The highest BCUT2D eigenvalue weighted by molar-refractivity contribution is 5.75. The lowest BCUT2D eigenvalue weighted by Gasteiger charge is -2.26. The first-order valence-electron chi connectivity index (χ1n) is 6.11. The summed E-state index contributed by atoms with van der Waals surface area (Å²) >= 11 is 0. The van der Waals surface area contributed by atoms with Crippen LogP contribution in [0.15, 0.2) is 0 Å². The van der Waals surface area contributed by atoms with Crippen LogP contribution in [-0.2, 0) is 4.79 Å². The van der Waals surface area contributed by atoms with Gasteiger partial charge in [-0.3, -0.25) is 4.79 Å². The Hall–Kier alpha value is -1.26. The summed E-state index contributed by atoms with van der Waals surface area (Å²) in [5, 5.41) is 14.3. The second-order valence-corrected chi connectivity index (χ2v) is 5.40. The van der Waals surface area contributed by atoms with Gasteiger partial charge in [0.25, 0.3) is 0 Å². The van der Waals surface area contributed by atoms with Gasteiger partial charge < -0.3 is 15.7 Å². The lowest BCUT2D eigenvalue weighted by Crippen LogP contribution is -2.50. The fourth-order valence-electron chi connectivity index (χ4n) is 1.77. The Morgan fingerprint density at radius 3 is 2.47 bits per heavy atom. The Morgan fingerprint density at radius 1 is 1.41 bits per heavy atom. The van der Waals surface area contributed by atoms with Crippen molar-refractivity contribution in [3.63, 3.8) is 0 Å². The number of aliphatic carboxylic acids is 1. The van der Waals surface area contributed by atoms with E-state index in [0.29, 0.717) is 18.9 Å². The van der Waals surface area contributed by atoms with Gasteiger partial charge in [-0.25, -0.2) is 4.79 Å². The maximum atomic E-state index is 11.6. The first kappa shape index (κ1) is 13.8. The van der Waals surface area contributed by atoms with Gasteiger partial charge >= 0.3 is 12.0 Å². The molecule has 3 N–H and O–H groups in total. The van der Waals surface area contributed by atoms with Gasteiger partial charge in [0.15, 0.2) is 0 Å². The molecule has 1 aliphatic rings. The highest BCUT2D eigenvalue weighted by Crippen LogP contribution is 2.39. The van der Waals surface area contributed by atoms with E-state index < -0.39 is 11.9 Å². The molecular formula is C12H22N2O3. The highest BCUT2D eigenvalue weighted by atomic mass is 16.4. The van der Waals surface area contributed by atoms with Gasteiger partial charge in [-0.2, -0.15) is 0 Å². The SMILES string of the molecule is CC(CCNC(=O)NC(C)(C)C1CC1)C(=O)O. The zero-order valence-corrected chi connectivity index (χ0v) is 10.7. The summed E-state index contributed by atoms with van der Waals surface area (Å²) in [6.07, 6.45) is 2.79. The van der Waals surface area contributed by atoms with Crippen molar-refractivity contribution in [2.45, 2.75) is 45.6 Å². The van der Waals surface area contributed by atoms with E-state index >= 15 is 0 Å². The molecule has 17 heavy (non-hydrogen) atoms. The molecule has 1 aliphatic carbocycles. The van der Waals surface area contributed by atoms with Crippen LogP contribution < -0.4 is 10.6 Å². The average Bonchev–Trinajstić information content (AvgIpc) is 2.99. The lowest BCUT2D eigenvalue weighted by molar-refractivity contribution is -0.141. The second kappa shape index (κ2) is 5.38. The van der Waals surface area contributed by atoms with Crippen molar-refractivity contribution in [1.82, 2.24) is 10.6 Å². The van der Waals surface area contributed by atoms with Crippen LogP contribution in [0, 0.1) is 11.8 Å². The number of hydrogen-bond acceptors (Lipinski definition) is 2. The predicted molar refractivity (Wildman–Crippen MR) is 64.8 cm³/mol. The van der Waals surface area contributed by atoms with Crippen LogP contribution in [0.3, 0.4) is 0 Å². The number of carbonyl (C=O) groups excluding carboxylic acids is 1. The topological polar surface area (TPSA) is 78.4 Å². The molecule has 2 amide bonds. The smallest absolute Gasteiger partial charge is 0.315 e. The molecule has 98 valence electrons. The summed E-state index contributed by atoms with van der Waals surface area (Å²) in [5.41, 5.74) is -0.164. The van der Waals surface area contributed by atoms with Crippen LogP contribution >= 0.6 is 0 Å². The first-order valence-corrected chi connectivity index (χ1v) is 6.11.